The molecule has 27 heavy (non-hydrogen) atoms. The number of aromatic amines is 1. The Morgan fingerprint density at radius 1 is 1.11 bits per heavy atom. The second-order valence-electron chi connectivity index (χ2n) is 7.12. The highest BCUT2D eigenvalue weighted by atomic mass is 15.1. The maximum Gasteiger partial charge on any atom is 0.162 e. The third kappa shape index (κ3) is 3.61. The molecule has 0 unspecified atom stereocenters. The van der Waals surface area contributed by atoms with Crippen LogP contribution in [0.5, 0.6) is 0 Å². The molecule has 2 N–H and O–H groups in total. The lowest BCUT2D eigenvalue weighted by Crippen LogP contribution is -2.17. The summed E-state index contributed by atoms with van der Waals surface area (Å²) in [6.45, 7) is 4.01. The summed E-state index contributed by atoms with van der Waals surface area (Å²) in [5.74, 6) is 1.62. The number of aryl methyl sites for hydroxylation is 1. The van der Waals surface area contributed by atoms with Crippen LogP contribution in [0.15, 0.2) is 42.6 Å². The Morgan fingerprint density at radius 2 is 2.00 bits per heavy atom. The fourth-order valence-electron chi connectivity index (χ4n) is 3.24. The molecule has 4 aromatic rings. The summed E-state index contributed by atoms with van der Waals surface area (Å²) in [5, 5.41) is 12.7. The predicted octanol–water partition coefficient (Wildman–Crippen LogP) is 3.85. The first-order chi connectivity index (χ1) is 13.1. The first-order valence-corrected chi connectivity index (χ1v) is 9.21. The number of benzene rings is 2. The number of aromatic nitrogens is 4. The minimum atomic E-state index is 0.731. The van der Waals surface area contributed by atoms with Gasteiger partial charge in [0.05, 0.1) is 17.2 Å². The Bertz CT molecular complexity index is 1080. The van der Waals surface area contributed by atoms with Crippen molar-refractivity contribution in [3.8, 4) is 11.4 Å². The van der Waals surface area contributed by atoms with Gasteiger partial charge < -0.3 is 10.2 Å². The van der Waals surface area contributed by atoms with Crippen molar-refractivity contribution in [2.75, 3.05) is 32.5 Å². The number of hydrogen-bond acceptors (Lipinski definition) is 5. The second-order valence-corrected chi connectivity index (χ2v) is 7.12. The lowest BCUT2D eigenvalue weighted by molar-refractivity contribution is 0.405. The summed E-state index contributed by atoms with van der Waals surface area (Å²) in [5.41, 5.74) is 4.14. The first kappa shape index (κ1) is 17.4. The molecule has 0 saturated carbocycles. The van der Waals surface area contributed by atoms with E-state index in [1.807, 2.05) is 18.3 Å². The number of fused-ring (bicyclic) bond motifs is 2. The van der Waals surface area contributed by atoms with Crippen LogP contribution >= 0.6 is 0 Å². The van der Waals surface area contributed by atoms with Gasteiger partial charge in [-0.2, -0.15) is 5.10 Å². The first-order valence-electron chi connectivity index (χ1n) is 9.21. The molecule has 0 amide bonds. The van der Waals surface area contributed by atoms with Crippen LogP contribution in [0.1, 0.15) is 12.0 Å². The standard InChI is InChI=1S/C21H24N6/c1-14-6-4-7-17-19(14)24-20(25-21(17)22-10-5-11-27(2)3)15-8-9-18-16(12-15)13-23-26-18/h4,6-9,12-13H,5,10-11H2,1-3H3,(H,23,26)(H,22,24,25). The second kappa shape index (κ2) is 7.32. The highest BCUT2D eigenvalue weighted by molar-refractivity contribution is 5.93. The van der Waals surface area contributed by atoms with Crippen LogP contribution in [0, 0.1) is 6.92 Å². The van der Waals surface area contributed by atoms with Crippen LogP contribution in [0.25, 0.3) is 33.2 Å². The lowest BCUT2D eigenvalue weighted by Gasteiger charge is -2.13. The molecule has 6 nitrogen and oxygen atoms in total. The van der Waals surface area contributed by atoms with Gasteiger partial charge in [-0.25, -0.2) is 9.97 Å². The molecule has 0 radical (unpaired) electrons. The zero-order chi connectivity index (χ0) is 18.8. The van der Waals surface area contributed by atoms with Crippen molar-refractivity contribution in [1.29, 1.82) is 0 Å². The van der Waals surface area contributed by atoms with Gasteiger partial charge >= 0.3 is 0 Å². The molecule has 0 aliphatic carbocycles. The number of anilines is 1. The Labute approximate surface area is 158 Å². The topological polar surface area (TPSA) is 69.7 Å². The molecular weight excluding hydrogens is 336 g/mol. The van der Waals surface area contributed by atoms with Gasteiger partial charge in [-0.15, -0.1) is 0 Å². The molecule has 0 atom stereocenters. The fourth-order valence-corrected chi connectivity index (χ4v) is 3.24. The SMILES string of the molecule is Cc1cccc2c(NCCCN(C)C)nc(-c3ccc4[nH]ncc4c3)nc12. The van der Waals surface area contributed by atoms with E-state index in [1.165, 1.54) is 0 Å². The molecule has 2 aromatic heterocycles. The average molecular weight is 360 g/mol. The van der Waals surface area contributed by atoms with Crippen molar-refractivity contribution < 1.29 is 0 Å². The van der Waals surface area contributed by atoms with Crippen molar-refractivity contribution in [3.63, 3.8) is 0 Å². The van der Waals surface area contributed by atoms with Crippen LogP contribution in [0.4, 0.5) is 5.82 Å². The monoisotopic (exact) mass is 360 g/mol. The number of nitrogens with one attached hydrogen (secondary N) is 2. The molecular formula is C21H24N6. The third-order valence-corrected chi connectivity index (χ3v) is 4.70. The number of hydrogen-bond donors (Lipinski definition) is 2. The molecule has 0 fully saturated rings. The van der Waals surface area contributed by atoms with Crippen LogP contribution in [-0.2, 0) is 0 Å². The summed E-state index contributed by atoms with van der Waals surface area (Å²) in [4.78, 5) is 11.9. The van der Waals surface area contributed by atoms with Crippen LogP contribution in [0.2, 0.25) is 0 Å². The van der Waals surface area contributed by atoms with Gasteiger partial charge in [0, 0.05) is 22.9 Å². The number of para-hydroxylation sites is 1. The molecule has 0 aliphatic rings. The molecule has 6 heteroatoms. The van der Waals surface area contributed by atoms with E-state index in [4.69, 9.17) is 9.97 Å². The number of rotatable bonds is 6. The Kier molecular flexibility index (Phi) is 4.73. The zero-order valence-electron chi connectivity index (χ0n) is 16.0. The van der Waals surface area contributed by atoms with Gasteiger partial charge in [0.2, 0.25) is 0 Å². The molecule has 0 aliphatic heterocycles. The van der Waals surface area contributed by atoms with E-state index in [2.05, 4.69) is 65.7 Å². The minimum Gasteiger partial charge on any atom is -0.369 e. The number of H-pyrrole nitrogens is 1. The van der Waals surface area contributed by atoms with E-state index in [1.54, 1.807) is 0 Å². The van der Waals surface area contributed by atoms with Gasteiger partial charge in [0.25, 0.3) is 0 Å². The van der Waals surface area contributed by atoms with Crippen molar-refractivity contribution >= 4 is 27.6 Å². The Balaban J connectivity index is 1.75. The molecule has 2 heterocycles. The van der Waals surface area contributed by atoms with Crippen LogP contribution in [0.3, 0.4) is 0 Å². The minimum absolute atomic E-state index is 0.731. The van der Waals surface area contributed by atoms with E-state index in [-0.39, 0.29) is 0 Å². The summed E-state index contributed by atoms with van der Waals surface area (Å²) in [7, 11) is 4.18. The summed E-state index contributed by atoms with van der Waals surface area (Å²) in [6, 6.07) is 12.4. The van der Waals surface area contributed by atoms with E-state index < -0.39 is 0 Å². The average Bonchev–Trinajstić information content (AvgIpc) is 3.13. The van der Waals surface area contributed by atoms with E-state index in [0.29, 0.717) is 0 Å². The van der Waals surface area contributed by atoms with Gasteiger partial charge in [-0.1, -0.05) is 12.1 Å². The highest BCUT2D eigenvalue weighted by Gasteiger charge is 2.11. The van der Waals surface area contributed by atoms with E-state index >= 15 is 0 Å². The lowest BCUT2D eigenvalue weighted by atomic mass is 10.1. The quantitative estimate of drug-likeness (QED) is 0.511. The van der Waals surface area contributed by atoms with Gasteiger partial charge in [-0.3, -0.25) is 5.10 Å². The number of nitrogens with zero attached hydrogens (tertiary/aromatic N) is 4. The van der Waals surface area contributed by atoms with Crippen molar-refractivity contribution in [3.05, 3.63) is 48.2 Å². The smallest absolute Gasteiger partial charge is 0.162 e. The highest BCUT2D eigenvalue weighted by Crippen LogP contribution is 2.28. The van der Waals surface area contributed by atoms with Crippen molar-refractivity contribution in [2.45, 2.75) is 13.3 Å². The summed E-state index contributed by atoms with van der Waals surface area (Å²) in [6.07, 6.45) is 2.88. The van der Waals surface area contributed by atoms with Crippen LogP contribution in [-0.4, -0.2) is 52.3 Å². The zero-order valence-corrected chi connectivity index (χ0v) is 16.0. The van der Waals surface area contributed by atoms with Crippen molar-refractivity contribution in [1.82, 2.24) is 25.1 Å². The maximum atomic E-state index is 4.86. The van der Waals surface area contributed by atoms with Crippen LogP contribution < -0.4 is 5.32 Å². The maximum absolute atomic E-state index is 4.86. The summed E-state index contributed by atoms with van der Waals surface area (Å²) < 4.78 is 0. The Morgan fingerprint density at radius 3 is 2.85 bits per heavy atom. The predicted molar refractivity (Wildman–Crippen MR) is 111 cm³/mol. The largest absolute Gasteiger partial charge is 0.369 e. The van der Waals surface area contributed by atoms with E-state index in [0.717, 1.165) is 64.1 Å². The van der Waals surface area contributed by atoms with Crippen molar-refractivity contribution in [2.24, 2.45) is 0 Å². The van der Waals surface area contributed by atoms with Gasteiger partial charge in [0.15, 0.2) is 5.82 Å². The normalized spacial score (nSPS) is 11.6. The van der Waals surface area contributed by atoms with Gasteiger partial charge in [-0.05, 0) is 63.8 Å². The molecule has 2 aromatic carbocycles. The molecule has 138 valence electrons. The van der Waals surface area contributed by atoms with E-state index in [9.17, 15) is 0 Å². The van der Waals surface area contributed by atoms with Gasteiger partial charge in [0.1, 0.15) is 5.82 Å². The molecule has 0 spiro atoms. The fraction of sp³-hybridized carbons (Fsp3) is 0.286. The third-order valence-electron chi connectivity index (χ3n) is 4.70. The Hall–Kier alpha value is -2.99. The molecule has 4 rings (SSSR count). The summed E-state index contributed by atoms with van der Waals surface area (Å²) >= 11 is 0. The molecule has 0 bridgehead atoms. The molecule has 0 saturated heterocycles.